The normalized spacial score (nSPS) is 20.7. The highest BCUT2D eigenvalue weighted by molar-refractivity contribution is 8.00. The molecule has 0 bridgehead atoms. The lowest BCUT2D eigenvalue weighted by Gasteiger charge is -2.27. The van der Waals surface area contributed by atoms with Gasteiger partial charge >= 0.3 is 0 Å². The van der Waals surface area contributed by atoms with Crippen LogP contribution in [-0.2, 0) is 9.54 Å². The van der Waals surface area contributed by atoms with Crippen molar-refractivity contribution in [1.82, 2.24) is 0 Å². The molecule has 0 aromatic heterocycles. The third kappa shape index (κ3) is 1.99. The van der Waals surface area contributed by atoms with Crippen LogP contribution in [0.3, 0.4) is 0 Å². The maximum atomic E-state index is 13.1. The second kappa shape index (κ2) is 5.39. The lowest BCUT2D eigenvalue weighted by atomic mass is 9.91. The number of likely N-dealkylation sites (N-methyl/N-ethyl adjacent to an activating group) is 1. The highest BCUT2D eigenvalue weighted by atomic mass is 35.5. The van der Waals surface area contributed by atoms with Crippen molar-refractivity contribution >= 4 is 35.0 Å². The third-order valence-corrected chi connectivity index (χ3v) is 5.46. The zero-order valence-corrected chi connectivity index (χ0v) is 13.5. The average molecular weight is 318 g/mol. The van der Waals surface area contributed by atoms with Gasteiger partial charge in [-0.1, -0.05) is 41.9 Å². The van der Waals surface area contributed by atoms with Gasteiger partial charge in [-0.15, -0.1) is 11.8 Å². The van der Waals surface area contributed by atoms with Crippen molar-refractivity contribution in [3.8, 4) is 0 Å². The first-order valence-electron chi connectivity index (χ1n) is 6.87. The lowest BCUT2D eigenvalue weighted by molar-refractivity contribution is -0.119. The van der Waals surface area contributed by atoms with E-state index in [-0.39, 0.29) is 5.91 Å². The molecule has 21 heavy (non-hydrogen) atoms. The Bertz CT molecular complexity index is 688. The number of rotatable bonds is 3. The van der Waals surface area contributed by atoms with E-state index < -0.39 is 4.75 Å². The molecule has 2 aromatic carbocycles. The molecular formula is C17H16ClNOS. The second-order valence-corrected chi connectivity index (χ2v) is 6.42. The molecule has 0 spiro atoms. The Morgan fingerprint density at radius 3 is 2.52 bits per heavy atom. The molecule has 0 saturated carbocycles. The number of anilines is 1. The van der Waals surface area contributed by atoms with Crippen LogP contribution in [0.4, 0.5) is 5.69 Å². The van der Waals surface area contributed by atoms with Gasteiger partial charge in [-0.3, -0.25) is 4.79 Å². The summed E-state index contributed by atoms with van der Waals surface area (Å²) < 4.78 is -0.697. The lowest BCUT2D eigenvalue weighted by Crippen LogP contribution is -2.38. The fourth-order valence-electron chi connectivity index (χ4n) is 3.02. The summed E-state index contributed by atoms with van der Waals surface area (Å²) >= 11 is 7.76. The van der Waals surface area contributed by atoms with Crippen LogP contribution in [0.25, 0.3) is 0 Å². The zero-order chi connectivity index (χ0) is 15.0. The van der Waals surface area contributed by atoms with E-state index in [9.17, 15) is 4.79 Å². The van der Waals surface area contributed by atoms with Crippen molar-refractivity contribution in [2.45, 2.75) is 11.7 Å². The van der Waals surface area contributed by atoms with Crippen LogP contribution in [-0.4, -0.2) is 18.7 Å². The Hall–Kier alpha value is -1.45. The summed E-state index contributed by atoms with van der Waals surface area (Å²) in [6, 6.07) is 15.6. The van der Waals surface area contributed by atoms with Gasteiger partial charge in [0, 0.05) is 22.8 Å². The SMILES string of the molecule is CCN1C(=O)C(SC)(c2ccccc2)c2cc(Cl)ccc21. The minimum Gasteiger partial charge on any atom is -0.311 e. The molecule has 0 N–H and O–H groups in total. The van der Waals surface area contributed by atoms with Crippen molar-refractivity contribution in [1.29, 1.82) is 0 Å². The first kappa shape index (κ1) is 14.5. The van der Waals surface area contributed by atoms with Gasteiger partial charge in [-0.05, 0) is 36.9 Å². The number of fused-ring (bicyclic) bond motifs is 1. The molecule has 1 aliphatic rings. The molecule has 1 unspecified atom stereocenters. The van der Waals surface area contributed by atoms with Crippen molar-refractivity contribution < 1.29 is 4.79 Å². The summed E-state index contributed by atoms with van der Waals surface area (Å²) in [5, 5.41) is 0.661. The maximum Gasteiger partial charge on any atom is 0.252 e. The highest BCUT2D eigenvalue weighted by Crippen LogP contribution is 2.52. The van der Waals surface area contributed by atoms with E-state index in [1.54, 1.807) is 11.8 Å². The van der Waals surface area contributed by atoms with Crippen LogP contribution in [0.2, 0.25) is 5.02 Å². The first-order valence-corrected chi connectivity index (χ1v) is 8.48. The Labute approximate surface area is 134 Å². The van der Waals surface area contributed by atoms with Gasteiger partial charge in [0.15, 0.2) is 0 Å². The van der Waals surface area contributed by atoms with Gasteiger partial charge in [0.1, 0.15) is 4.75 Å². The summed E-state index contributed by atoms with van der Waals surface area (Å²) in [4.78, 5) is 15.0. The molecule has 2 aromatic rings. The summed E-state index contributed by atoms with van der Waals surface area (Å²) in [7, 11) is 0. The summed E-state index contributed by atoms with van der Waals surface area (Å²) in [5.41, 5.74) is 2.95. The van der Waals surface area contributed by atoms with E-state index in [0.29, 0.717) is 11.6 Å². The second-order valence-electron chi connectivity index (χ2n) is 4.96. The van der Waals surface area contributed by atoms with E-state index >= 15 is 0 Å². The minimum absolute atomic E-state index is 0.112. The van der Waals surface area contributed by atoms with Crippen LogP contribution >= 0.6 is 23.4 Å². The van der Waals surface area contributed by atoms with Crippen LogP contribution in [0.15, 0.2) is 48.5 Å². The van der Waals surface area contributed by atoms with Gasteiger partial charge < -0.3 is 4.90 Å². The minimum atomic E-state index is -0.697. The Balaban J connectivity index is 2.31. The number of halogens is 1. The maximum absolute atomic E-state index is 13.1. The van der Waals surface area contributed by atoms with Crippen molar-refractivity contribution in [2.24, 2.45) is 0 Å². The van der Waals surface area contributed by atoms with Gasteiger partial charge in [0.2, 0.25) is 0 Å². The zero-order valence-electron chi connectivity index (χ0n) is 12.0. The molecule has 0 radical (unpaired) electrons. The summed E-state index contributed by atoms with van der Waals surface area (Å²) in [6.07, 6.45) is 1.98. The topological polar surface area (TPSA) is 20.3 Å². The van der Waals surface area contributed by atoms with Crippen molar-refractivity contribution in [3.05, 3.63) is 64.7 Å². The molecule has 3 rings (SSSR count). The smallest absolute Gasteiger partial charge is 0.252 e. The molecule has 1 heterocycles. The van der Waals surface area contributed by atoms with Gasteiger partial charge in [-0.2, -0.15) is 0 Å². The van der Waals surface area contributed by atoms with E-state index in [2.05, 4.69) is 0 Å². The molecule has 108 valence electrons. The largest absolute Gasteiger partial charge is 0.311 e. The molecule has 0 aliphatic carbocycles. The molecule has 4 heteroatoms. The standard InChI is InChI=1S/C17H16ClNOS/c1-3-19-15-10-9-13(18)11-14(15)17(21-2,16(19)20)12-7-5-4-6-8-12/h4-11H,3H2,1-2H3. The van der Waals surface area contributed by atoms with Gasteiger partial charge in [0.05, 0.1) is 0 Å². The molecule has 1 amide bonds. The number of hydrogen-bond acceptors (Lipinski definition) is 2. The monoisotopic (exact) mass is 317 g/mol. The number of thioether (sulfide) groups is 1. The van der Waals surface area contributed by atoms with Crippen molar-refractivity contribution in [3.63, 3.8) is 0 Å². The molecule has 0 fully saturated rings. The average Bonchev–Trinajstić information content (AvgIpc) is 2.76. The Morgan fingerprint density at radius 2 is 1.90 bits per heavy atom. The number of hydrogen-bond donors (Lipinski definition) is 0. The third-order valence-electron chi connectivity index (χ3n) is 3.98. The fourth-order valence-corrected chi connectivity index (χ4v) is 4.23. The van der Waals surface area contributed by atoms with Crippen LogP contribution in [0.1, 0.15) is 18.1 Å². The predicted molar refractivity (Wildman–Crippen MR) is 90.2 cm³/mol. The Kier molecular flexibility index (Phi) is 3.72. The van der Waals surface area contributed by atoms with Crippen LogP contribution in [0, 0.1) is 0 Å². The molecule has 1 atom stereocenters. The number of nitrogens with zero attached hydrogens (tertiary/aromatic N) is 1. The molecule has 1 aliphatic heterocycles. The van der Waals surface area contributed by atoms with Gasteiger partial charge in [0.25, 0.3) is 5.91 Å². The van der Waals surface area contributed by atoms with Crippen molar-refractivity contribution in [2.75, 3.05) is 17.7 Å². The highest BCUT2D eigenvalue weighted by Gasteiger charge is 2.51. The molecule has 2 nitrogen and oxygen atoms in total. The molecular weight excluding hydrogens is 302 g/mol. The number of amides is 1. The Morgan fingerprint density at radius 1 is 1.19 bits per heavy atom. The van der Waals surface area contributed by atoms with Gasteiger partial charge in [-0.25, -0.2) is 0 Å². The van der Waals surface area contributed by atoms with Crippen LogP contribution in [0.5, 0.6) is 0 Å². The fraction of sp³-hybridized carbons (Fsp3) is 0.235. The summed E-state index contributed by atoms with van der Waals surface area (Å²) in [6.45, 7) is 2.65. The quantitative estimate of drug-likeness (QED) is 0.840. The predicted octanol–water partition coefficient (Wildman–Crippen LogP) is 4.31. The van der Waals surface area contributed by atoms with Crippen LogP contribution < -0.4 is 4.90 Å². The number of benzene rings is 2. The van der Waals surface area contributed by atoms with E-state index in [1.165, 1.54) is 0 Å². The van der Waals surface area contributed by atoms with E-state index in [1.807, 2.05) is 66.6 Å². The molecule has 0 saturated heterocycles. The van der Waals surface area contributed by atoms with E-state index in [4.69, 9.17) is 11.6 Å². The summed E-state index contributed by atoms with van der Waals surface area (Å²) in [5.74, 6) is 0.112. The number of carbonyl (C=O) groups excluding carboxylic acids is 1. The first-order chi connectivity index (χ1) is 10.1. The number of carbonyl (C=O) groups is 1. The van der Waals surface area contributed by atoms with E-state index in [0.717, 1.165) is 16.8 Å².